The third-order valence-corrected chi connectivity index (χ3v) is 7.13. The first-order chi connectivity index (χ1) is 10.6. The van der Waals surface area contributed by atoms with E-state index in [2.05, 4.69) is 14.6 Å². The largest absolute Gasteiger partial charge is 0.300 e. The van der Waals surface area contributed by atoms with Gasteiger partial charge in [0.05, 0.1) is 0 Å². The Hall–Kier alpha value is -0.630. The zero-order chi connectivity index (χ0) is 15.4. The Morgan fingerprint density at radius 2 is 2.14 bits per heavy atom. The molecule has 0 aliphatic carbocycles. The molecule has 2 saturated heterocycles. The molecule has 1 aromatic rings. The second kappa shape index (κ2) is 7.29. The summed E-state index contributed by atoms with van der Waals surface area (Å²) >= 11 is 2.05. The molecule has 0 unspecified atom stereocenters. The number of sulfonamides is 1. The van der Waals surface area contributed by atoms with E-state index in [1.165, 1.54) is 24.1 Å². The van der Waals surface area contributed by atoms with Crippen LogP contribution < -0.4 is 4.72 Å². The standard InChI is InChI=1S/C15H23N3O2S2/c19-22(20,15-2-1-6-16-11-15)17-10-13-3-7-18(8-4-13)14-5-9-21-12-14/h1-2,6,11,13-14,17H,3-5,7-10,12H2/t14-/m0/s1. The van der Waals surface area contributed by atoms with Crippen LogP contribution in [0.4, 0.5) is 0 Å². The van der Waals surface area contributed by atoms with Crippen LogP contribution in [-0.2, 0) is 10.0 Å². The molecule has 1 atom stereocenters. The average molecular weight is 342 g/mol. The van der Waals surface area contributed by atoms with Crippen LogP contribution in [0.15, 0.2) is 29.4 Å². The summed E-state index contributed by atoms with van der Waals surface area (Å²) in [7, 11) is -3.42. The first-order valence-corrected chi connectivity index (χ1v) is 10.5. The van der Waals surface area contributed by atoms with E-state index in [9.17, 15) is 8.42 Å². The topological polar surface area (TPSA) is 62.3 Å². The molecule has 1 N–H and O–H groups in total. The van der Waals surface area contributed by atoms with Gasteiger partial charge < -0.3 is 0 Å². The second-order valence-corrected chi connectivity index (χ2v) is 8.95. The minimum atomic E-state index is -3.42. The van der Waals surface area contributed by atoms with Crippen LogP contribution in [0.5, 0.6) is 0 Å². The molecule has 0 radical (unpaired) electrons. The van der Waals surface area contributed by atoms with Gasteiger partial charge in [0, 0.05) is 30.7 Å². The molecule has 0 spiro atoms. The van der Waals surface area contributed by atoms with Crippen molar-refractivity contribution in [2.45, 2.75) is 30.2 Å². The summed E-state index contributed by atoms with van der Waals surface area (Å²) in [5, 5.41) is 0. The highest BCUT2D eigenvalue weighted by atomic mass is 32.2. The summed E-state index contributed by atoms with van der Waals surface area (Å²) in [6.45, 7) is 2.74. The summed E-state index contributed by atoms with van der Waals surface area (Å²) in [6.07, 6.45) is 6.44. The predicted molar refractivity (Wildman–Crippen MR) is 89.5 cm³/mol. The fourth-order valence-corrected chi connectivity index (χ4v) is 5.48. The van der Waals surface area contributed by atoms with Gasteiger partial charge in [0.1, 0.15) is 4.90 Å². The number of piperidine rings is 1. The number of rotatable bonds is 5. The fourth-order valence-electron chi connectivity index (χ4n) is 3.15. The van der Waals surface area contributed by atoms with Gasteiger partial charge in [-0.2, -0.15) is 11.8 Å². The van der Waals surface area contributed by atoms with E-state index in [4.69, 9.17) is 0 Å². The molecule has 0 amide bonds. The molecule has 3 heterocycles. The van der Waals surface area contributed by atoms with E-state index in [1.807, 2.05) is 11.8 Å². The summed E-state index contributed by atoms with van der Waals surface area (Å²) in [4.78, 5) is 6.71. The third kappa shape index (κ3) is 4.01. The molecule has 0 aromatic carbocycles. The Morgan fingerprint density at radius 1 is 1.32 bits per heavy atom. The number of nitrogens with one attached hydrogen (secondary N) is 1. The Labute approximate surface area is 136 Å². The normalized spacial score (nSPS) is 24.6. The Balaban J connectivity index is 1.47. The summed E-state index contributed by atoms with van der Waals surface area (Å²) in [5.74, 6) is 2.99. The first kappa shape index (κ1) is 16.2. The fraction of sp³-hybridized carbons (Fsp3) is 0.667. The minimum absolute atomic E-state index is 0.246. The number of hydrogen-bond donors (Lipinski definition) is 1. The zero-order valence-corrected chi connectivity index (χ0v) is 14.3. The van der Waals surface area contributed by atoms with E-state index >= 15 is 0 Å². The summed E-state index contributed by atoms with van der Waals surface area (Å²) in [5.41, 5.74) is 0. The maximum Gasteiger partial charge on any atom is 0.242 e. The van der Waals surface area contributed by atoms with Gasteiger partial charge in [0.15, 0.2) is 0 Å². The molecule has 2 aliphatic heterocycles. The quantitative estimate of drug-likeness (QED) is 0.881. The Bertz CT molecular complexity index is 566. The van der Waals surface area contributed by atoms with Crippen molar-refractivity contribution in [1.29, 1.82) is 0 Å². The van der Waals surface area contributed by atoms with E-state index in [-0.39, 0.29) is 4.90 Å². The molecule has 2 fully saturated rings. The van der Waals surface area contributed by atoms with Gasteiger partial charge in [-0.1, -0.05) is 0 Å². The van der Waals surface area contributed by atoms with E-state index < -0.39 is 10.0 Å². The van der Waals surface area contributed by atoms with Crippen LogP contribution >= 0.6 is 11.8 Å². The number of aromatic nitrogens is 1. The van der Waals surface area contributed by atoms with Gasteiger partial charge in [0.25, 0.3) is 0 Å². The Morgan fingerprint density at radius 3 is 2.77 bits per heavy atom. The van der Waals surface area contributed by atoms with Crippen LogP contribution in [0.3, 0.4) is 0 Å². The van der Waals surface area contributed by atoms with Gasteiger partial charge in [-0.05, 0) is 56.2 Å². The van der Waals surface area contributed by atoms with Crippen molar-refractivity contribution in [3.63, 3.8) is 0 Å². The van der Waals surface area contributed by atoms with E-state index in [1.54, 1.807) is 18.3 Å². The van der Waals surface area contributed by atoms with Crippen molar-refractivity contribution in [2.75, 3.05) is 31.1 Å². The van der Waals surface area contributed by atoms with Crippen LogP contribution in [0.1, 0.15) is 19.3 Å². The van der Waals surface area contributed by atoms with Crippen LogP contribution in [0, 0.1) is 5.92 Å². The SMILES string of the molecule is O=S(=O)(NCC1CCN([C@H]2CCSC2)CC1)c1cccnc1. The average Bonchev–Trinajstić information content (AvgIpc) is 3.09. The molecule has 0 bridgehead atoms. The number of likely N-dealkylation sites (tertiary alicyclic amines) is 1. The lowest BCUT2D eigenvalue weighted by Crippen LogP contribution is -2.43. The molecule has 1 aromatic heterocycles. The summed E-state index contributed by atoms with van der Waals surface area (Å²) < 4.78 is 27.1. The lowest BCUT2D eigenvalue weighted by atomic mass is 9.96. The van der Waals surface area contributed by atoms with Gasteiger partial charge >= 0.3 is 0 Å². The van der Waals surface area contributed by atoms with Gasteiger partial charge in [-0.15, -0.1) is 0 Å². The monoisotopic (exact) mass is 341 g/mol. The lowest BCUT2D eigenvalue weighted by molar-refractivity contribution is 0.145. The zero-order valence-electron chi connectivity index (χ0n) is 12.6. The highest BCUT2D eigenvalue weighted by Gasteiger charge is 2.28. The van der Waals surface area contributed by atoms with Gasteiger partial charge in [0.2, 0.25) is 10.0 Å². The highest BCUT2D eigenvalue weighted by molar-refractivity contribution is 7.99. The van der Waals surface area contributed by atoms with Gasteiger partial charge in [-0.25, -0.2) is 13.1 Å². The number of nitrogens with zero attached hydrogens (tertiary/aromatic N) is 2. The molecular weight excluding hydrogens is 318 g/mol. The molecule has 122 valence electrons. The minimum Gasteiger partial charge on any atom is -0.300 e. The van der Waals surface area contributed by atoms with Crippen molar-refractivity contribution in [2.24, 2.45) is 5.92 Å². The van der Waals surface area contributed by atoms with Crippen LogP contribution in [-0.4, -0.2) is 55.5 Å². The molecule has 22 heavy (non-hydrogen) atoms. The molecule has 2 aliphatic rings. The highest BCUT2D eigenvalue weighted by Crippen LogP contribution is 2.26. The van der Waals surface area contributed by atoms with Crippen molar-refractivity contribution >= 4 is 21.8 Å². The number of thioether (sulfide) groups is 1. The molecule has 3 rings (SSSR count). The number of pyridine rings is 1. The third-order valence-electron chi connectivity index (χ3n) is 4.58. The predicted octanol–water partition coefficient (Wildman–Crippen LogP) is 1.58. The van der Waals surface area contributed by atoms with Crippen LogP contribution in [0.2, 0.25) is 0 Å². The molecular formula is C15H23N3O2S2. The van der Waals surface area contributed by atoms with Crippen molar-refractivity contribution in [3.8, 4) is 0 Å². The molecule has 0 saturated carbocycles. The van der Waals surface area contributed by atoms with Crippen molar-refractivity contribution in [1.82, 2.24) is 14.6 Å². The maximum absolute atomic E-state index is 12.2. The van der Waals surface area contributed by atoms with Crippen LogP contribution in [0.25, 0.3) is 0 Å². The first-order valence-electron chi connectivity index (χ1n) is 7.86. The second-order valence-electron chi connectivity index (χ2n) is 6.04. The lowest BCUT2D eigenvalue weighted by Gasteiger charge is -2.35. The summed E-state index contributed by atoms with van der Waals surface area (Å²) in [6, 6.07) is 3.97. The van der Waals surface area contributed by atoms with E-state index in [0.29, 0.717) is 12.5 Å². The van der Waals surface area contributed by atoms with E-state index in [0.717, 1.165) is 32.0 Å². The van der Waals surface area contributed by atoms with Gasteiger partial charge in [-0.3, -0.25) is 9.88 Å². The van der Waals surface area contributed by atoms with Crippen molar-refractivity contribution in [3.05, 3.63) is 24.5 Å². The maximum atomic E-state index is 12.2. The smallest absolute Gasteiger partial charge is 0.242 e. The van der Waals surface area contributed by atoms with Crippen molar-refractivity contribution < 1.29 is 8.42 Å². The number of hydrogen-bond acceptors (Lipinski definition) is 5. The molecule has 7 heteroatoms. The molecule has 5 nitrogen and oxygen atoms in total. The Kier molecular flexibility index (Phi) is 5.38.